The molecular formula is C11H23N3O5S. The molecule has 0 radical (unpaired) electrons. The highest BCUT2D eigenvalue weighted by Crippen LogP contribution is 2.19. The minimum absolute atomic E-state index is 0.0227. The van der Waals surface area contributed by atoms with Gasteiger partial charge in [-0.2, -0.15) is 0 Å². The summed E-state index contributed by atoms with van der Waals surface area (Å²) in [5, 5.41) is 13.8. The third-order valence-corrected chi connectivity index (χ3v) is 4.97. The van der Waals surface area contributed by atoms with Crippen molar-refractivity contribution < 1.29 is 23.1 Å². The fraction of sp³-hybridized carbons (Fsp3) is 0.818. The second kappa shape index (κ2) is 7.44. The van der Waals surface area contributed by atoms with Gasteiger partial charge < -0.3 is 15.7 Å². The van der Waals surface area contributed by atoms with Crippen molar-refractivity contribution >= 4 is 22.0 Å². The number of sulfonamides is 1. The van der Waals surface area contributed by atoms with Gasteiger partial charge in [0.2, 0.25) is 10.0 Å². The molecule has 0 aromatic heterocycles. The Bertz CT molecular complexity index is 449. The average Bonchev–Trinajstić information content (AvgIpc) is 2.35. The minimum Gasteiger partial charge on any atom is -0.481 e. The second-order valence-electron chi connectivity index (χ2n) is 4.93. The molecule has 0 saturated carbocycles. The molecule has 9 heteroatoms. The maximum Gasteiger partial charge on any atom is 0.314 e. The molecule has 20 heavy (non-hydrogen) atoms. The van der Waals surface area contributed by atoms with Crippen LogP contribution in [0, 0.1) is 5.41 Å². The van der Waals surface area contributed by atoms with E-state index in [2.05, 4.69) is 10.6 Å². The van der Waals surface area contributed by atoms with Crippen LogP contribution in [0.3, 0.4) is 0 Å². The van der Waals surface area contributed by atoms with Gasteiger partial charge in [-0.05, 0) is 13.3 Å². The van der Waals surface area contributed by atoms with E-state index in [0.717, 1.165) is 4.31 Å². The number of urea groups is 1. The van der Waals surface area contributed by atoms with Crippen molar-refractivity contribution in [3.05, 3.63) is 0 Å². The van der Waals surface area contributed by atoms with Gasteiger partial charge in [0, 0.05) is 27.2 Å². The normalized spacial score (nSPS) is 14.7. The lowest BCUT2D eigenvalue weighted by Crippen LogP contribution is -2.45. The van der Waals surface area contributed by atoms with Gasteiger partial charge >= 0.3 is 12.0 Å². The Morgan fingerprint density at radius 3 is 2.20 bits per heavy atom. The van der Waals surface area contributed by atoms with Crippen molar-refractivity contribution in [2.45, 2.75) is 20.3 Å². The van der Waals surface area contributed by atoms with Crippen molar-refractivity contribution in [3.63, 3.8) is 0 Å². The van der Waals surface area contributed by atoms with E-state index in [-0.39, 0.29) is 18.8 Å². The quantitative estimate of drug-likeness (QED) is 0.568. The number of aliphatic carboxylic acids is 1. The molecule has 0 spiro atoms. The van der Waals surface area contributed by atoms with Crippen molar-refractivity contribution in [2.24, 2.45) is 5.41 Å². The van der Waals surface area contributed by atoms with Crippen LogP contribution in [0.5, 0.6) is 0 Å². The summed E-state index contributed by atoms with van der Waals surface area (Å²) in [5.74, 6) is -1.20. The molecule has 0 aromatic carbocycles. The number of carbonyl (C=O) groups is 2. The molecule has 0 heterocycles. The number of carboxylic acids is 1. The first-order valence-electron chi connectivity index (χ1n) is 6.20. The van der Waals surface area contributed by atoms with Gasteiger partial charge in [-0.15, -0.1) is 0 Å². The van der Waals surface area contributed by atoms with E-state index >= 15 is 0 Å². The lowest BCUT2D eigenvalue weighted by atomic mass is 9.88. The van der Waals surface area contributed by atoms with Crippen LogP contribution in [0.15, 0.2) is 0 Å². The molecule has 0 saturated heterocycles. The van der Waals surface area contributed by atoms with Gasteiger partial charge in [-0.1, -0.05) is 6.92 Å². The average molecular weight is 309 g/mol. The van der Waals surface area contributed by atoms with Crippen LogP contribution in [0.1, 0.15) is 20.3 Å². The minimum atomic E-state index is -3.36. The van der Waals surface area contributed by atoms with E-state index < -0.39 is 27.4 Å². The van der Waals surface area contributed by atoms with Crippen LogP contribution in [0.4, 0.5) is 4.79 Å². The Balaban J connectivity index is 4.18. The second-order valence-corrected chi connectivity index (χ2v) is 7.23. The van der Waals surface area contributed by atoms with Crippen molar-refractivity contribution in [1.82, 2.24) is 14.9 Å². The maximum absolute atomic E-state index is 11.5. The Labute approximate surface area is 119 Å². The van der Waals surface area contributed by atoms with E-state index in [1.165, 1.54) is 21.0 Å². The van der Waals surface area contributed by atoms with Crippen LogP contribution in [-0.4, -0.2) is 62.8 Å². The summed E-state index contributed by atoms with van der Waals surface area (Å²) in [4.78, 5) is 22.5. The van der Waals surface area contributed by atoms with Gasteiger partial charge in [0.1, 0.15) is 0 Å². The molecule has 2 amide bonds. The van der Waals surface area contributed by atoms with Gasteiger partial charge in [0.25, 0.3) is 0 Å². The zero-order chi connectivity index (χ0) is 16.0. The first-order valence-corrected chi connectivity index (χ1v) is 7.81. The Morgan fingerprint density at radius 1 is 1.25 bits per heavy atom. The lowest BCUT2D eigenvalue weighted by molar-refractivity contribution is -0.147. The van der Waals surface area contributed by atoms with Crippen LogP contribution in [0.2, 0.25) is 0 Å². The van der Waals surface area contributed by atoms with E-state index in [9.17, 15) is 18.0 Å². The lowest BCUT2D eigenvalue weighted by Gasteiger charge is -2.23. The molecule has 0 fully saturated rings. The van der Waals surface area contributed by atoms with Gasteiger partial charge in [0.15, 0.2) is 0 Å². The fourth-order valence-corrected chi connectivity index (χ4v) is 1.89. The van der Waals surface area contributed by atoms with Gasteiger partial charge in [0.05, 0.1) is 11.2 Å². The summed E-state index contributed by atoms with van der Waals surface area (Å²) in [6.07, 6.45) is 0.373. The largest absolute Gasteiger partial charge is 0.481 e. The van der Waals surface area contributed by atoms with Crippen molar-refractivity contribution in [2.75, 3.05) is 32.9 Å². The highest BCUT2D eigenvalue weighted by molar-refractivity contribution is 7.89. The molecule has 1 unspecified atom stereocenters. The maximum atomic E-state index is 11.5. The number of nitrogens with zero attached hydrogens (tertiary/aromatic N) is 1. The summed E-state index contributed by atoms with van der Waals surface area (Å²) in [5.41, 5.74) is -1.03. The highest BCUT2D eigenvalue weighted by Gasteiger charge is 2.31. The molecule has 3 N–H and O–H groups in total. The smallest absolute Gasteiger partial charge is 0.314 e. The standard InChI is InChI=1S/C11H23N3O5S/c1-5-11(2,9(15)16)8-13-10(17)12-6-7-20(18,19)14(3)4/h5-8H2,1-4H3,(H,15,16)(H2,12,13,17). The molecule has 0 rings (SSSR count). The number of amides is 2. The molecular weight excluding hydrogens is 286 g/mol. The third-order valence-electron chi connectivity index (χ3n) is 3.14. The van der Waals surface area contributed by atoms with Crippen LogP contribution in [0.25, 0.3) is 0 Å². The predicted molar refractivity (Wildman–Crippen MR) is 74.9 cm³/mol. The van der Waals surface area contributed by atoms with E-state index in [1.54, 1.807) is 6.92 Å². The van der Waals surface area contributed by atoms with E-state index in [1.807, 2.05) is 0 Å². The zero-order valence-corrected chi connectivity index (χ0v) is 13.1. The molecule has 8 nitrogen and oxygen atoms in total. The summed E-state index contributed by atoms with van der Waals surface area (Å²) in [6.45, 7) is 3.19. The molecule has 0 aliphatic rings. The third kappa shape index (κ3) is 5.74. The molecule has 0 aliphatic heterocycles. The van der Waals surface area contributed by atoms with Crippen molar-refractivity contribution in [1.29, 1.82) is 0 Å². The number of hydrogen-bond donors (Lipinski definition) is 3. The number of nitrogens with one attached hydrogen (secondary N) is 2. The van der Waals surface area contributed by atoms with Crippen LogP contribution < -0.4 is 10.6 Å². The molecule has 1 atom stereocenters. The first-order chi connectivity index (χ1) is 9.05. The van der Waals surface area contributed by atoms with E-state index in [4.69, 9.17) is 5.11 Å². The fourth-order valence-electron chi connectivity index (χ4n) is 1.17. The Hall–Kier alpha value is -1.35. The molecule has 0 aromatic rings. The molecule has 0 aliphatic carbocycles. The first kappa shape index (κ1) is 18.7. The van der Waals surface area contributed by atoms with Crippen molar-refractivity contribution in [3.8, 4) is 0 Å². The Morgan fingerprint density at radius 2 is 1.80 bits per heavy atom. The van der Waals surface area contributed by atoms with Gasteiger partial charge in [-0.3, -0.25) is 4.79 Å². The predicted octanol–water partition coefficient (Wildman–Crippen LogP) is -0.322. The molecule has 0 bridgehead atoms. The summed E-state index contributed by atoms with van der Waals surface area (Å²) in [6, 6.07) is -0.583. The number of hydrogen-bond acceptors (Lipinski definition) is 4. The SMILES string of the molecule is CCC(C)(CNC(=O)NCCS(=O)(=O)N(C)C)C(=O)O. The number of carboxylic acid groups (broad SMARTS) is 1. The van der Waals surface area contributed by atoms with Crippen LogP contribution >= 0.6 is 0 Å². The monoisotopic (exact) mass is 309 g/mol. The van der Waals surface area contributed by atoms with Gasteiger partial charge in [-0.25, -0.2) is 17.5 Å². The number of rotatable bonds is 8. The zero-order valence-electron chi connectivity index (χ0n) is 12.3. The number of carbonyl (C=O) groups excluding carboxylic acids is 1. The van der Waals surface area contributed by atoms with E-state index in [0.29, 0.717) is 6.42 Å². The topological polar surface area (TPSA) is 116 Å². The highest BCUT2D eigenvalue weighted by atomic mass is 32.2. The Kier molecular flexibility index (Phi) is 6.94. The summed E-state index contributed by atoms with van der Waals surface area (Å²) < 4.78 is 24.0. The van der Waals surface area contributed by atoms with Crippen LogP contribution in [-0.2, 0) is 14.8 Å². The molecule has 118 valence electrons. The summed E-state index contributed by atoms with van der Waals surface area (Å²) in [7, 11) is -0.535. The summed E-state index contributed by atoms with van der Waals surface area (Å²) >= 11 is 0.